The summed E-state index contributed by atoms with van der Waals surface area (Å²) in [6.07, 6.45) is 4.95. The van der Waals surface area contributed by atoms with Crippen LogP contribution < -0.4 is 10.1 Å². The highest BCUT2D eigenvalue weighted by Crippen LogP contribution is 2.32. The first kappa shape index (κ1) is 19.5. The minimum Gasteiger partial charge on any atom is -0.467 e. The van der Waals surface area contributed by atoms with E-state index < -0.39 is 6.10 Å². The van der Waals surface area contributed by atoms with E-state index in [-0.39, 0.29) is 18.6 Å². The SMILES string of the molecule is CN(C(=O)c1cccc(NC(=O)[C@@H]2OCOc3ccccc32)c1)C1CCCCC1. The maximum Gasteiger partial charge on any atom is 0.258 e. The van der Waals surface area contributed by atoms with Gasteiger partial charge < -0.3 is 19.7 Å². The third-order valence-electron chi connectivity index (χ3n) is 5.71. The highest BCUT2D eigenvalue weighted by atomic mass is 16.7. The number of benzene rings is 2. The minimum absolute atomic E-state index is 0.0133. The van der Waals surface area contributed by atoms with E-state index in [2.05, 4.69) is 5.32 Å². The van der Waals surface area contributed by atoms with Gasteiger partial charge in [-0.15, -0.1) is 0 Å². The van der Waals surface area contributed by atoms with Crippen LogP contribution in [0.1, 0.15) is 54.1 Å². The van der Waals surface area contributed by atoms with Crippen LogP contribution in [-0.4, -0.2) is 36.6 Å². The van der Waals surface area contributed by atoms with Crippen molar-refractivity contribution in [2.24, 2.45) is 0 Å². The number of carbonyl (C=O) groups excluding carboxylic acids is 2. The summed E-state index contributed by atoms with van der Waals surface area (Å²) in [5.41, 5.74) is 1.84. The fraction of sp³-hybridized carbons (Fsp3) is 0.391. The van der Waals surface area contributed by atoms with Crippen LogP contribution in [0.15, 0.2) is 48.5 Å². The lowest BCUT2D eigenvalue weighted by Crippen LogP contribution is -2.38. The summed E-state index contributed by atoms with van der Waals surface area (Å²) in [6.45, 7) is 0.0276. The average Bonchev–Trinajstić information content (AvgIpc) is 2.78. The van der Waals surface area contributed by atoms with Crippen LogP contribution in [0, 0.1) is 0 Å². The molecule has 152 valence electrons. The van der Waals surface area contributed by atoms with Crippen LogP contribution in [0.2, 0.25) is 0 Å². The van der Waals surface area contributed by atoms with Gasteiger partial charge in [0, 0.05) is 29.9 Å². The van der Waals surface area contributed by atoms with Gasteiger partial charge in [-0.1, -0.05) is 43.5 Å². The van der Waals surface area contributed by atoms with E-state index in [4.69, 9.17) is 9.47 Å². The molecule has 4 rings (SSSR count). The van der Waals surface area contributed by atoms with Gasteiger partial charge in [0.15, 0.2) is 12.9 Å². The Labute approximate surface area is 170 Å². The van der Waals surface area contributed by atoms with E-state index >= 15 is 0 Å². The number of anilines is 1. The lowest BCUT2D eigenvalue weighted by Gasteiger charge is -2.31. The molecule has 0 bridgehead atoms. The fourth-order valence-electron chi connectivity index (χ4n) is 4.08. The number of nitrogens with zero attached hydrogens (tertiary/aromatic N) is 1. The highest BCUT2D eigenvalue weighted by molar-refractivity contribution is 5.98. The summed E-state index contributed by atoms with van der Waals surface area (Å²) >= 11 is 0. The van der Waals surface area contributed by atoms with Crippen LogP contribution in [0.5, 0.6) is 5.75 Å². The van der Waals surface area contributed by atoms with Crippen LogP contribution in [0.3, 0.4) is 0 Å². The van der Waals surface area contributed by atoms with Crippen LogP contribution in [0.4, 0.5) is 5.69 Å². The molecule has 2 aliphatic rings. The van der Waals surface area contributed by atoms with E-state index in [9.17, 15) is 9.59 Å². The number of nitrogens with one attached hydrogen (secondary N) is 1. The van der Waals surface area contributed by atoms with Crippen molar-refractivity contribution in [3.05, 3.63) is 59.7 Å². The van der Waals surface area contributed by atoms with E-state index in [1.807, 2.05) is 36.2 Å². The second-order valence-electron chi connectivity index (χ2n) is 7.62. The van der Waals surface area contributed by atoms with Crippen molar-refractivity contribution in [1.29, 1.82) is 0 Å². The molecule has 0 spiro atoms. The number of amides is 2. The first-order valence-electron chi connectivity index (χ1n) is 10.1. The summed E-state index contributed by atoms with van der Waals surface area (Å²) in [5.74, 6) is 0.351. The van der Waals surface area contributed by atoms with Crippen molar-refractivity contribution in [3.63, 3.8) is 0 Å². The fourth-order valence-corrected chi connectivity index (χ4v) is 4.08. The van der Waals surface area contributed by atoms with Crippen molar-refractivity contribution in [1.82, 2.24) is 4.90 Å². The summed E-state index contributed by atoms with van der Waals surface area (Å²) < 4.78 is 11.0. The number of fused-ring (bicyclic) bond motifs is 1. The van der Waals surface area contributed by atoms with Crippen LogP contribution >= 0.6 is 0 Å². The molecule has 0 aromatic heterocycles. The largest absolute Gasteiger partial charge is 0.467 e. The van der Waals surface area contributed by atoms with Crippen LogP contribution in [0.25, 0.3) is 0 Å². The Kier molecular flexibility index (Phi) is 5.81. The molecule has 1 aliphatic heterocycles. The van der Waals surface area contributed by atoms with Crippen molar-refractivity contribution in [3.8, 4) is 5.75 Å². The molecule has 0 saturated heterocycles. The number of ether oxygens (including phenoxy) is 2. The smallest absolute Gasteiger partial charge is 0.258 e. The molecule has 29 heavy (non-hydrogen) atoms. The number of hydrogen-bond acceptors (Lipinski definition) is 4. The molecule has 2 amide bonds. The van der Waals surface area contributed by atoms with Gasteiger partial charge >= 0.3 is 0 Å². The predicted molar refractivity (Wildman–Crippen MR) is 110 cm³/mol. The molecular weight excluding hydrogens is 368 g/mol. The van der Waals surface area contributed by atoms with E-state index in [1.165, 1.54) is 19.3 Å². The van der Waals surface area contributed by atoms with E-state index in [1.54, 1.807) is 24.3 Å². The average molecular weight is 394 g/mol. The third kappa shape index (κ3) is 4.27. The lowest BCUT2D eigenvalue weighted by molar-refractivity contribution is -0.136. The van der Waals surface area contributed by atoms with Gasteiger partial charge in [0.2, 0.25) is 0 Å². The van der Waals surface area contributed by atoms with Gasteiger partial charge in [-0.25, -0.2) is 0 Å². The Balaban J connectivity index is 1.46. The molecule has 2 aromatic carbocycles. The zero-order chi connectivity index (χ0) is 20.2. The third-order valence-corrected chi connectivity index (χ3v) is 5.71. The molecule has 1 saturated carbocycles. The highest BCUT2D eigenvalue weighted by Gasteiger charge is 2.29. The van der Waals surface area contributed by atoms with Crippen molar-refractivity contribution < 1.29 is 19.1 Å². The van der Waals surface area contributed by atoms with Gasteiger partial charge in [-0.2, -0.15) is 0 Å². The van der Waals surface area contributed by atoms with E-state index in [0.29, 0.717) is 28.6 Å². The molecule has 2 aromatic rings. The normalized spacial score (nSPS) is 19.0. The second-order valence-corrected chi connectivity index (χ2v) is 7.62. The summed E-state index contributed by atoms with van der Waals surface area (Å²) in [5, 5.41) is 2.88. The molecular formula is C23H26N2O4. The quantitative estimate of drug-likeness (QED) is 0.846. The predicted octanol–water partition coefficient (Wildman–Crippen LogP) is 4.14. The minimum atomic E-state index is -0.746. The maximum absolute atomic E-state index is 12.9. The Hall–Kier alpha value is -2.86. The monoisotopic (exact) mass is 394 g/mol. The van der Waals surface area contributed by atoms with Crippen molar-refractivity contribution in [2.75, 3.05) is 19.2 Å². The van der Waals surface area contributed by atoms with Gasteiger partial charge in [-0.3, -0.25) is 9.59 Å². The van der Waals surface area contributed by atoms with Crippen molar-refractivity contribution >= 4 is 17.5 Å². The maximum atomic E-state index is 12.9. The Morgan fingerprint density at radius 1 is 1.03 bits per heavy atom. The van der Waals surface area contributed by atoms with Gasteiger partial charge in [0.25, 0.3) is 11.8 Å². The molecule has 0 unspecified atom stereocenters. The zero-order valence-electron chi connectivity index (χ0n) is 16.6. The standard InChI is InChI=1S/C23H26N2O4/c1-25(18-10-3-2-4-11-18)23(27)16-8-7-9-17(14-16)24-22(26)21-19-12-5-6-13-20(19)28-15-29-21/h5-9,12-14,18,21H,2-4,10-11,15H2,1H3,(H,24,26)/t21-/m1/s1. The number of hydrogen-bond donors (Lipinski definition) is 1. The molecule has 6 nitrogen and oxygen atoms in total. The number of carbonyl (C=O) groups is 2. The van der Waals surface area contributed by atoms with E-state index in [0.717, 1.165) is 12.8 Å². The first-order valence-corrected chi connectivity index (χ1v) is 10.1. The number of rotatable bonds is 4. The summed E-state index contributed by atoms with van der Waals surface area (Å²) in [4.78, 5) is 27.6. The van der Waals surface area contributed by atoms with Crippen molar-refractivity contribution in [2.45, 2.75) is 44.2 Å². The lowest BCUT2D eigenvalue weighted by atomic mass is 9.94. The van der Waals surface area contributed by atoms with Crippen LogP contribution in [-0.2, 0) is 9.53 Å². The topological polar surface area (TPSA) is 67.9 Å². The summed E-state index contributed by atoms with van der Waals surface area (Å²) in [6, 6.07) is 14.7. The molecule has 1 heterocycles. The molecule has 1 fully saturated rings. The second kappa shape index (κ2) is 8.66. The molecule has 1 aliphatic carbocycles. The first-order chi connectivity index (χ1) is 14.1. The molecule has 6 heteroatoms. The Morgan fingerprint density at radius 2 is 1.83 bits per heavy atom. The number of para-hydroxylation sites is 1. The van der Waals surface area contributed by atoms with Gasteiger partial charge in [-0.05, 0) is 37.1 Å². The van der Waals surface area contributed by atoms with Gasteiger partial charge in [0.05, 0.1) is 0 Å². The van der Waals surface area contributed by atoms with Gasteiger partial charge in [0.1, 0.15) is 5.75 Å². The Bertz CT molecular complexity index is 892. The Morgan fingerprint density at radius 3 is 2.66 bits per heavy atom. The molecule has 1 N–H and O–H groups in total. The summed E-state index contributed by atoms with van der Waals surface area (Å²) in [7, 11) is 1.87. The zero-order valence-corrected chi connectivity index (χ0v) is 16.6. The molecule has 1 atom stereocenters. The molecule has 0 radical (unpaired) electrons.